The fourth-order valence-electron chi connectivity index (χ4n) is 3.15. The molecule has 2 aliphatic rings. The molecule has 3 rings (SSSR count). The summed E-state index contributed by atoms with van der Waals surface area (Å²) in [5.41, 5.74) is 6.42. The Kier molecular flexibility index (Phi) is 2.93. The molecule has 0 radical (unpaired) electrons. The van der Waals surface area contributed by atoms with E-state index in [1.165, 1.54) is 25.8 Å². The molecule has 92 valence electrons. The standard InChI is InChI=1S/C14H20N2O/c15-12-2-5-14(6-3-12)17-8-7-16-10-11-1-4-13(16)9-11/h2-3,5-6,11,13H,1,4,7-10,15H2. The van der Waals surface area contributed by atoms with Crippen molar-refractivity contribution in [2.24, 2.45) is 5.92 Å². The van der Waals surface area contributed by atoms with E-state index in [2.05, 4.69) is 4.90 Å². The van der Waals surface area contributed by atoms with Crippen LogP contribution in [0, 0.1) is 5.92 Å². The van der Waals surface area contributed by atoms with Crippen molar-refractivity contribution in [3.63, 3.8) is 0 Å². The lowest BCUT2D eigenvalue weighted by atomic mass is 10.1. The normalized spacial score (nSPS) is 27.5. The van der Waals surface area contributed by atoms with Gasteiger partial charge in [-0.25, -0.2) is 0 Å². The van der Waals surface area contributed by atoms with Crippen molar-refractivity contribution >= 4 is 5.69 Å². The molecule has 3 heteroatoms. The number of piperidine rings is 1. The minimum atomic E-state index is 0.785. The molecule has 1 aromatic carbocycles. The molecule has 0 amide bonds. The first kappa shape index (κ1) is 10.9. The summed E-state index contributed by atoms with van der Waals surface area (Å²) < 4.78 is 5.73. The van der Waals surface area contributed by atoms with Crippen molar-refractivity contribution in [1.29, 1.82) is 0 Å². The topological polar surface area (TPSA) is 38.5 Å². The van der Waals surface area contributed by atoms with Crippen molar-refractivity contribution < 1.29 is 4.74 Å². The largest absolute Gasteiger partial charge is 0.492 e. The molecule has 1 aliphatic carbocycles. The Morgan fingerprint density at radius 1 is 1.24 bits per heavy atom. The van der Waals surface area contributed by atoms with Crippen LogP contribution in [0.15, 0.2) is 24.3 Å². The van der Waals surface area contributed by atoms with Crippen LogP contribution in [0.25, 0.3) is 0 Å². The number of fused-ring (bicyclic) bond motifs is 2. The van der Waals surface area contributed by atoms with Crippen LogP contribution in [0.1, 0.15) is 19.3 Å². The highest BCUT2D eigenvalue weighted by molar-refractivity contribution is 5.41. The maximum absolute atomic E-state index is 5.73. The fraction of sp³-hybridized carbons (Fsp3) is 0.571. The number of hydrogen-bond acceptors (Lipinski definition) is 3. The minimum absolute atomic E-state index is 0.785. The summed E-state index contributed by atoms with van der Waals surface area (Å²) in [5, 5.41) is 0. The second kappa shape index (κ2) is 4.57. The highest BCUT2D eigenvalue weighted by atomic mass is 16.5. The number of hydrogen-bond donors (Lipinski definition) is 1. The van der Waals surface area contributed by atoms with Crippen LogP contribution < -0.4 is 10.5 Å². The molecule has 2 bridgehead atoms. The summed E-state index contributed by atoms with van der Waals surface area (Å²) in [5.74, 6) is 1.89. The first-order valence-electron chi connectivity index (χ1n) is 6.53. The van der Waals surface area contributed by atoms with Gasteiger partial charge in [0.05, 0.1) is 0 Å². The van der Waals surface area contributed by atoms with Gasteiger partial charge < -0.3 is 10.5 Å². The number of ether oxygens (including phenoxy) is 1. The van der Waals surface area contributed by atoms with E-state index in [1.807, 2.05) is 24.3 Å². The minimum Gasteiger partial charge on any atom is -0.492 e. The third-order valence-electron chi connectivity index (χ3n) is 4.05. The van der Waals surface area contributed by atoms with Crippen LogP contribution in [-0.2, 0) is 0 Å². The molecule has 1 saturated heterocycles. The average Bonchev–Trinajstić information content (AvgIpc) is 2.94. The van der Waals surface area contributed by atoms with Gasteiger partial charge in [0.2, 0.25) is 0 Å². The second-order valence-corrected chi connectivity index (χ2v) is 5.25. The molecule has 3 nitrogen and oxygen atoms in total. The number of anilines is 1. The number of nitrogens with zero attached hydrogens (tertiary/aromatic N) is 1. The monoisotopic (exact) mass is 232 g/mol. The Labute approximate surface area is 103 Å². The van der Waals surface area contributed by atoms with Crippen molar-refractivity contribution in [1.82, 2.24) is 4.90 Å². The van der Waals surface area contributed by atoms with Crippen molar-refractivity contribution in [3.8, 4) is 5.75 Å². The van der Waals surface area contributed by atoms with E-state index in [0.29, 0.717) is 0 Å². The Bertz CT molecular complexity index is 376. The summed E-state index contributed by atoms with van der Waals surface area (Å²) in [6.45, 7) is 3.13. The maximum atomic E-state index is 5.73. The van der Waals surface area contributed by atoms with Crippen molar-refractivity contribution in [2.45, 2.75) is 25.3 Å². The molecule has 1 aromatic rings. The van der Waals surface area contributed by atoms with Crippen LogP contribution in [0.2, 0.25) is 0 Å². The number of benzene rings is 1. The van der Waals surface area contributed by atoms with Gasteiger partial charge in [0, 0.05) is 24.8 Å². The molecule has 2 unspecified atom stereocenters. The summed E-state index contributed by atoms with van der Waals surface area (Å²) in [6.07, 6.45) is 4.26. The molecule has 1 heterocycles. The molecular weight excluding hydrogens is 212 g/mol. The van der Waals surface area contributed by atoms with E-state index in [-0.39, 0.29) is 0 Å². The quantitative estimate of drug-likeness (QED) is 0.808. The predicted octanol–water partition coefficient (Wildman–Crippen LogP) is 2.13. The highest BCUT2D eigenvalue weighted by Gasteiger charge is 2.37. The Balaban J connectivity index is 1.45. The summed E-state index contributed by atoms with van der Waals surface area (Å²) in [4.78, 5) is 2.59. The van der Waals surface area contributed by atoms with E-state index in [1.54, 1.807) is 0 Å². The van der Waals surface area contributed by atoms with Gasteiger partial charge in [0.1, 0.15) is 12.4 Å². The van der Waals surface area contributed by atoms with E-state index in [0.717, 1.165) is 36.5 Å². The zero-order valence-electron chi connectivity index (χ0n) is 10.1. The van der Waals surface area contributed by atoms with Crippen molar-refractivity contribution in [3.05, 3.63) is 24.3 Å². The smallest absolute Gasteiger partial charge is 0.119 e. The average molecular weight is 232 g/mol. The van der Waals surface area contributed by atoms with Crippen LogP contribution in [0.3, 0.4) is 0 Å². The molecule has 0 spiro atoms. The number of rotatable bonds is 4. The SMILES string of the molecule is Nc1ccc(OCCN2CC3CCC2C3)cc1. The van der Waals surface area contributed by atoms with Gasteiger partial charge in [-0.15, -0.1) is 0 Å². The van der Waals surface area contributed by atoms with E-state index >= 15 is 0 Å². The fourth-order valence-corrected chi connectivity index (χ4v) is 3.15. The molecule has 2 atom stereocenters. The number of nitrogens with two attached hydrogens (primary N) is 1. The number of likely N-dealkylation sites (tertiary alicyclic amines) is 1. The van der Waals surface area contributed by atoms with E-state index in [4.69, 9.17) is 10.5 Å². The maximum Gasteiger partial charge on any atom is 0.119 e. The Morgan fingerprint density at radius 3 is 2.71 bits per heavy atom. The van der Waals surface area contributed by atoms with Gasteiger partial charge in [-0.2, -0.15) is 0 Å². The van der Waals surface area contributed by atoms with Gasteiger partial charge in [0.15, 0.2) is 0 Å². The molecule has 17 heavy (non-hydrogen) atoms. The zero-order valence-corrected chi connectivity index (χ0v) is 10.1. The van der Waals surface area contributed by atoms with Gasteiger partial charge in [0.25, 0.3) is 0 Å². The van der Waals surface area contributed by atoms with Gasteiger partial charge in [-0.3, -0.25) is 4.90 Å². The van der Waals surface area contributed by atoms with Crippen LogP contribution in [-0.4, -0.2) is 30.6 Å². The summed E-state index contributed by atoms with van der Waals surface area (Å²) in [6, 6.07) is 8.48. The predicted molar refractivity (Wildman–Crippen MR) is 69.1 cm³/mol. The Morgan fingerprint density at radius 2 is 2.06 bits per heavy atom. The van der Waals surface area contributed by atoms with Gasteiger partial charge >= 0.3 is 0 Å². The molecule has 1 saturated carbocycles. The van der Waals surface area contributed by atoms with Crippen molar-refractivity contribution in [2.75, 3.05) is 25.4 Å². The first-order chi connectivity index (χ1) is 8.31. The third-order valence-corrected chi connectivity index (χ3v) is 4.05. The van der Waals surface area contributed by atoms with Gasteiger partial charge in [-0.1, -0.05) is 0 Å². The lowest BCUT2D eigenvalue weighted by Gasteiger charge is -2.26. The molecule has 0 aromatic heterocycles. The zero-order chi connectivity index (χ0) is 11.7. The summed E-state index contributed by atoms with van der Waals surface area (Å²) >= 11 is 0. The van der Waals surface area contributed by atoms with E-state index < -0.39 is 0 Å². The molecule has 1 aliphatic heterocycles. The molecule has 2 N–H and O–H groups in total. The molecule has 2 fully saturated rings. The lowest BCUT2D eigenvalue weighted by molar-refractivity contribution is 0.172. The highest BCUT2D eigenvalue weighted by Crippen LogP contribution is 2.36. The van der Waals surface area contributed by atoms with Gasteiger partial charge in [-0.05, 0) is 49.4 Å². The number of nitrogen functional groups attached to an aromatic ring is 1. The van der Waals surface area contributed by atoms with Crippen LogP contribution in [0.5, 0.6) is 5.75 Å². The lowest BCUT2D eigenvalue weighted by Crippen LogP contribution is -2.35. The first-order valence-corrected chi connectivity index (χ1v) is 6.53. The summed E-state index contributed by atoms with van der Waals surface area (Å²) in [7, 11) is 0. The third kappa shape index (κ3) is 2.39. The van der Waals surface area contributed by atoms with Crippen LogP contribution >= 0.6 is 0 Å². The van der Waals surface area contributed by atoms with E-state index in [9.17, 15) is 0 Å². The second-order valence-electron chi connectivity index (χ2n) is 5.25. The van der Waals surface area contributed by atoms with Crippen LogP contribution in [0.4, 0.5) is 5.69 Å². The Hall–Kier alpha value is -1.22. The molecular formula is C14H20N2O.